The lowest BCUT2D eigenvalue weighted by Gasteiger charge is -2.05. The van der Waals surface area contributed by atoms with Crippen LogP contribution in [-0.2, 0) is 6.54 Å². The van der Waals surface area contributed by atoms with Crippen LogP contribution in [-0.4, -0.2) is 21.7 Å². The molecular formula is C22H16Cl2N4O. The highest BCUT2D eigenvalue weighted by Crippen LogP contribution is 2.22. The molecule has 1 N–H and O–H groups in total. The van der Waals surface area contributed by atoms with Gasteiger partial charge in [0.05, 0.1) is 11.8 Å². The summed E-state index contributed by atoms with van der Waals surface area (Å²) in [6.07, 6.45) is 5.16. The van der Waals surface area contributed by atoms with Gasteiger partial charge in [0.25, 0.3) is 5.91 Å². The van der Waals surface area contributed by atoms with Crippen LogP contribution in [0.4, 0.5) is 0 Å². The van der Waals surface area contributed by atoms with Crippen molar-refractivity contribution in [2.24, 2.45) is 5.10 Å². The first kappa shape index (κ1) is 19.2. The number of hydrazone groups is 1. The average molecular weight is 423 g/mol. The van der Waals surface area contributed by atoms with Crippen LogP contribution in [0, 0.1) is 0 Å². The number of halogens is 2. The van der Waals surface area contributed by atoms with Gasteiger partial charge in [0, 0.05) is 40.4 Å². The summed E-state index contributed by atoms with van der Waals surface area (Å²) in [6.45, 7) is 0.698. The van der Waals surface area contributed by atoms with E-state index in [4.69, 9.17) is 23.2 Å². The van der Waals surface area contributed by atoms with Gasteiger partial charge in [0.15, 0.2) is 0 Å². The maximum absolute atomic E-state index is 12.2. The van der Waals surface area contributed by atoms with Gasteiger partial charge in [-0.05, 0) is 35.9 Å². The van der Waals surface area contributed by atoms with Gasteiger partial charge in [-0.15, -0.1) is 0 Å². The van der Waals surface area contributed by atoms with E-state index in [9.17, 15) is 4.79 Å². The lowest BCUT2D eigenvalue weighted by molar-refractivity contribution is 0.0955. The normalized spacial score (nSPS) is 11.2. The highest BCUT2D eigenvalue weighted by Gasteiger charge is 2.10. The molecule has 0 aliphatic carbocycles. The largest absolute Gasteiger partial charge is 0.342 e. The summed E-state index contributed by atoms with van der Waals surface area (Å²) >= 11 is 11.9. The number of fused-ring (bicyclic) bond motifs is 1. The molecule has 0 atom stereocenters. The molecule has 7 heteroatoms. The van der Waals surface area contributed by atoms with Crippen molar-refractivity contribution in [1.82, 2.24) is 15.0 Å². The van der Waals surface area contributed by atoms with E-state index >= 15 is 0 Å². The van der Waals surface area contributed by atoms with Crippen molar-refractivity contribution in [2.75, 3.05) is 0 Å². The highest BCUT2D eigenvalue weighted by atomic mass is 35.5. The second-order valence-electron chi connectivity index (χ2n) is 6.40. The summed E-state index contributed by atoms with van der Waals surface area (Å²) in [4.78, 5) is 16.1. The fourth-order valence-corrected chi connectivity index (χ4v) is 3.40. The second-order valence-corrected chi connectivity index (χ2v) is 7.19. The van der Waals surface area contributed by atoms with Crippen LogP contribution in [0.15, 0.2) is 78.2 Å². The maximum atomic E-state index is 12.2. The van der Waals surface area contributed by atoms with Gasteiger partial charge in [0.2, 0.25) is 0 Å². The Bertz CT molecular complexity index is 1200. The van der Waals surface area contributed by atoms with Crippen molar-refractivity contribution in [3.8, 4) is 0 Å². The Labute approximate surface area is 177 Å². The summed E-state index contributed by atoms with van der Waals surface area (Å²) in [5.74, 6) is -0.413. The van der Waals surface area contributed by atoms with Gasteiger partial charge in [-0.2, -0.15) is 5.10 Å². The van der Waals surface area contributed by atoms with Crippen molar-refractivity contribution < 1.29 is 4.79 Å². The van der Waals surface area contributed by atoms with Crippen molar-refractivity contribution in [3.05, 3.63) is 99.9 Å². The number of carbonyl (C=O) groups is 1. The molecule has 0 unspecified atom stereocenters. The smallest absolute Gasteiger partial charge is 0.274 e. The molecule has 0 saturated heterocycles. The number of pyridine rings is 1. The Kier molecular flexibility index (Phi) is 5.60. The molecular weight excluding hydrogens is 407 g/mol. The summed E-state index contributed by atoms with van der Waals surface area (Å²) in [6, 6.07) is 19.0. The molecule has 5 nitrogen and oxygen atoms in total. The molecule has 4 aromatic rings. The van der Waals surface area contributed by atoms with E-state index in [1.165, 1.54) is 6.20 Å². The minimum Gasteiger partial charge on any atom is -0.342 e. The monoisotopic (exact) mass is 422 g/mol. The number of nitrogens with zero attached hydrogens (tertiary/aromatic N) is 3. The van der Waals surface area contributed by atoms with Crippen LogP contribution in [0.2, 0.25) is 10.2 Å². The van der Waals surface area contributed by atoms with Gasteiger partial charge < -0.3 is 4.57 Å². The fourth-order valence-electron chi connectivity index (χ4n) is 3.07. The standard InChI is InChI=1S/C22H16Cl2N4O/c23-17-9-7-15(8-10-17)13-28-14-16(18-4-1-2-6-20(18)28)12-26-27-22(29)19-5-3-11-25-21(19)24/h1-12,14H,13H2,(H,27,29). The zero-order valence-corrected chi connectivity index (χ0v) is 16.7. The van der Waals surface area contributed by atoms with E-state index in [0.29, 0.717) is 11.6 Å². The summed E-state index contributed by atoms with van der Waals surface area (Å²) in [7, 11) is 0. The van der Waals surface area contributed by atoms with Crippen LogP contribution in [0.5, 0.6) is 0 Å². The first-order valence-corrected chi connectivity index (χ1v) is 9.63. The van der Waals surface area contributed by atoms with Gasteiger partial charge in [-0.1, -0.05) is 53.5 Å². The zero-order valence-electron chi connectivity index (χ0n) is 15.2. The number of carbonyl (C=O) groups excluding carboxylic acids is 1. The minimum absolute atomic E-state index is 0.139. The number of amides is 1. The third kappa shape index (κ3) is 4.31. The number of hydrogen-bond donors (Lipinski definition) is 1. The summed E-state index contributed by atoms with van der Waals surface area (Å²) in [5.41, 5.74) is 5.88. The Morgan fingerprint density at radius 2 is 1.86 bits per heavy atom. The molecule has 2 heterocycles. The van der Waals surface area contributed by atoms with Crippen molar-refractivity contribution >= 4 is 46.2 Å². The van der Waals surface area contributed by atoms with Crippen molar-refractivity contribution in [2.45, 2.75) is 6.54 Å². The predicted octanol–water partition coefficient (Wildman–Crippen LogP) is 5.16. The predicted molar refractivity (Wildman–Crippen MR) is 117 cm³/mol. The lowest BCUT2D eigenvalue weighted by atomic mass is 10.2. The van der Waals surface area contributed by atoms with E-state index in [-0.39, 0.29) is 10.7 Å². The number of benzene rings is 2. The zero-order chi connectivity index (χ0) is 20.2. The SMILES string of the molecule is O=C(NN=Cc1cn(Cc2ccc(Cl)cc2)c2ccccc12)c1cccnc1Cl. The molecule has 2 aromatic heterocycles. The molecule has 0 aliphatic heterocycles. The van der Waals surface area contributed by atoms with Gasteiger partial charge in [0.1, 0.15) is 5.15 Å². The van der Waals surface area contributed by atoms with E-state index in [1.807, 2.05) is 48.7 Å². The first-order valence-electron chi connectivity index (χ1n) is 8.88. The van der Waals surface area contributed by atoms with Gasteiger partial charge >= 0.3 is 0 Å². The highest BCUT2D eigenvalue weighted by molar-refractivity contribution is 6.32. The first-order chi connectivity index (χ1) is 14.1. The van der Waals surface area contributed by atoms with Crippen LogP contribution in [0.25, 0.3) is 10.9 Å². The third-order valence-corrected chi connectivity index (χ3v) is 5.01. The Morgan fingerprint density at radius 3 is 2.66 bits per heavy atom. The number of rotatable bonds is 5. The molecule has 0 aliphatic rings. The van der Waals surface area contributed by atoms with E-state index in [0.717, 1.165) is 22.0 Å². The molecule has 144 valence electrons. The topological polar surface area (TPSA) is 59.3 Å². The van der Waals surface area contributed by atoms with Crippen LogP contribution in [0.3, 0.4) is 0 Å². The third-order valence-electron chi connectivity index (χ3n) is 4.46. The second kappa shape index (κ2) is 8.47. The number of para-hydroxylation sites is 1. The van der Waals surface area contributed by atoms with Crippen LogP contribution in [0.1, 0.15) is 21.5 Å². The Balaban J connectivity index is 1.57. The molecule has 0 radical (unpaired) electrons. The van der Waals surface area contributed by atoms with Crippen LogP contribution < -0.4 is 5.43 Å². The van der Waals surface area contributed by atoms with E-state index < -0.39 is 5.91 Å². The molecule has 0 saturated carbocycles. The minimum atomic E-state index is -0.413. The number of nitrogens with one attached hydrogen (secondary N) is 1. The lowest BCUT2D eigenvalue weighted by Crippen LogP contribution is -2.18. The van der Waals surface area contributed by atoms with E-state index in [2.05, 4.69) is 26.1 Å². The van der Waals surface area contributed by atoms with Crippen molar-refractivity contribution in [1.29, 1.82) is 0 Å². The van der Waals surface area contributed by atoms with Crippen molar-refractivity contribution in [3.63, 3.8) is 0 Å². The summed E-state index contributed by atoms with van der Waals surface area (Å²) in [5, 5.41) is 5.99. The van der Waals surface area contributed by atoms with Crippen LogP contribution >= 0.6 is 23.2 Å². The molecule has 29 heavy (non-hydrogen) atoms. The average Bonchev–Trinajstić information content (AvgIpc) is 3.08. The van der Waals surface area contributed by atoms with Gasteiger partial charge in [-0.3, -0.25) is 4.79 Å². The molecule has 0 spiro atoms. The molecule has 2 aromatic carbocycles. The Hall–Kier alpha value is -3.15. The fraction of sp³-hybridized carbons (Fsp3) is 0.0455. The number of aromatic nitrogens is 2. The number of hydrogen-bond acceptors (Lipinski definition) is 3. The Morgan fingerprint density at radius 1 is 1.07 bits per heavy atom. The molecule has 4 rings (SSSR count). The molecule has 1 amide bonds. The van der Waals surface area contributed by atoms with E-state index in [1.54, 1.807) is 18.3 Å². The quantitative estimate of drug-likeness (QED) is 0.274. The summed E-state index contributed by atoms with van der Waals surface area (Å²) < 4.78 is 2.14. The molecule has 0 bridgehead atoms. The van der Waals surface area contributed by atoms with Gasteiger partial charge in [-0.25, -0.2) is 10.4 Å². The maximum Gasteiger partial charge on any atom is 0.274 e. The molecule has 0 fully saturated rings.